The lowest BCUT2D eigenvalue weighted by Crippen LogP contribution is -2.34. The van der Waals surface area contributed by atoms with Gasteiger partial charge in [0.1, 0.15) is 0 Å². The van der Waals surface area contributed by atoms with Crippen molar-refractivity contribution in [2.24, 2.45) is 0 Å². The van der Waals surface area contributed by atoms with Crippen LogP contribution in [0.25, 0.3) is 0 Å². The molecule has 2 rings (SSSR count). The molecule has 0 unspecified atom stereocenters. The molecule has 0 bridgehead atoms. The van der Waals surface area contributed by atoms with E-state index < -0.39 is 15.9 Å². The minimum Gasteiger partial charge on any atom is -0.332 e. The Bertz CT molecular complexity index is 900. The fourth-order valence-electron chi connectivity index (χ4n) is 2.02. The minimum absolute atomic E-state index is 0.0784. The number of amides is 1. The molecule has 0 aliphatic rings. The molecule has 0 radical (unpaired) electrons. The average molecular weight is 412 g/mol. The molecule has 6 nitrogen and oxygen atoms in total. The Kier molecular flexibility index (Phi) is 7.10. The zero-order chi connectivity index (χ0) is 19.2. The first-order chi connectivity index (χ1) is 12.3. The van der Waals surface area contributed by atoms with Crippen molar-refractivity contribution < 1.29 is 13.2 Å². The lowest BCUT2D eigenvalue weighted by molar-refractivity contribution is 0.0978. The van der Waals surface area contributed by atoms with E-state index >= 15 is 0 Å². The Morgan fingerprint density at radius 3 is 2.38 bits per heavy atom. The number of sulfonamides is 1. The largest absolute Gasteiger partial charge is 0.332 e. The van der Waals surface area contributed by atoms with Crippen LogP contribution in [-0.2, 0) is 10.0 Å². The normalized spacial score (nSPS) is 11.0. The molecule has 138 valence electrons. The molecule has 0 aliphatic heterocycles. The van der Waals surface area contributed by atoms with E-state index in [0.717, 1.165) is 0 Å². The zero-order valence-electron chi connectivity index (χ0n) is 14.0. The van der Waals surface area contributed by atoms with E-state index in [4.69, 9.17) is 23.8 Å². The molecule has 0 atom stereocenters. The Labute approximate surface area is 163 Å². The molecule has 0 aromatic heterocycles. The molecule has 2 aromatic rings. The number of carbonyl (C=O) groups is 1. The van der Waals surface area contributed by atoms with E-state index in [2.05, 4.69) is 15.4 Å². The second-order valence-electron chi connectivity index (χ2n) is 5.31. The Morgan fingerprint density at radius 2 is 1.77 bits per heavy atom. The van der Waals surface area contributed by atoms with Gasteiger partial charge in [0.15, 0.2) is 5.11 Å². The molecule has 0 fully saturated rings. The van der Waals surface area contributed by atoms with Gasteiger partial charge in [0.05, 0.1) is 15.5 Å². The van der Waals surface area contributed by atoms with Gasteiger partial charge in [0.2, 0.25) is 10.0 Å². The van der Waals surface area contributed by atoms with Gasteiger partial charge < -0.3 is 5.32 Å². The van der Waals surface area contributed by atoms with Crippen LogP contribution in [0.1, 0.15) is 23.7 Å². The third-order valence-electron chi connectivity index (χ3n) is 3.31. The third-order valence-corrected chi connectivity index (χ3v) is 5.32. The number of nitrogens with one attached hydrogen (secondary N) is 3. The molecule has 0 heterocycles. The molecule has 0 saturated carbocycles. The fourth-order valence-corrected chi connectivity index (χ4v) is 3.58. The number of thiocarbonyl (C=S) groups is 1. The van der Waals surface area contributed by atoms with Crippen LogP contribution in [-0.4, -0.2) is 26.0 Å². The molecule has 1 amide bonds. The van der Waals surface area contributed by atoms with Crippen molar-refractivity contribution >= 4 is 50.5 Å². The van der Waals surface area contributed by atoms with Gasteiger partial charge in [-0.1, -0.05) is 30.7 Å². The van der Waals surface area contributed by atoms with E-state index in [9.17, 15) is 13.2 Å². The zero-order valence-corrected chi connectivity index (χ0v) is 16.3. The van der Waals surface area contributed by atoms with E-state index in [1.54, 1.807) is 36.4 Å². The molecule has 3 N–H and O–H groups in total. The summed E-state index contributed by atoms with van der Waals surface area (Å²) in [6.45, 7) is 2.26. The summed E-state index contributed by atoms with van der Waals surface area (Å²) in [5.41, 5.74) is 0.852. The quantitative estimate of drug-likeness (QED) is 0.635. The molecular formula is C17H18ClN3O3S2. The predicted molar refractivity (Wildman–Crippen MR) is 107 cm³/mol. The second-order valence-corrected chi connectivity index (χ2v) is 7.89. The Balaban J connectivity index is 1.99. The summed E-state index contributed by atoms with van der Waals surface area (Å²) in [7, 11) is -3.52. The molecule has 0 aliphatic carbocycles. The van der Waals surface area contributed by atoms with Gasteiger partial charge in [-0.05, 0) is 55.0 Å². The van der Waals surface area contributed by atoms with E-state index in [-0.39, 0.29) is 10.0 Å². The minimum atomic E-state index is -3.52. The van der Waals surface area contributed by atoms with Crippen LogP contribution in [0.5, 0.6) is 0 Å². The topological polar surface area (TPSA) is 87.3 Å². The van der Waals surface area contributed by atoms with Crippen molar-refractivity contribution in [1.82, 2.24) is 10.0 Å². The number of halogens is 1. The molecular weight excluding hydrogens is 394 g/mol. The summed E-state index contributed by atoms with van der Waals surface area (Å²) < 4.78 is 26.6. The average Bonchev–Trinajstić information content (AvgIpc) is 2.60. The third kappa shape index (κ3) is 5.50. The smallest absolute Gasteiger partial charge is 0.258 e. The maximum Gasteiger partial charge on any atom is 0.258 e. The van der Waals surface area contributed by atoms with Crippen molar-refractivity contribution in [3.05, 3.63) is 59.1 Å². The van der Waals surface area contributed by atoms with Gasteiger partial charge in [0.25, 0.3) is 5.91 Å². The van der Waals surface area contributed by atoms with Crippen LogP contribution < -0.4 is 15.4 Å². The van der Waals surface area contributed by atoms with Gasteiger partial charge in [-0.25, -0.2) is 13.1 Å². The molecule has 0 spiro atoms. The number of benzene rings is 2. The highest BCUT2D eigenvalue weighted by Gasteiger charge is 2.14. The van der Waals surface area contributed by atoms with Gasteiger partial charge in [-0.3, -0.25) is 10.1 Å². The van der Waals surface area contributed by atoms with Crippen LogP contribution >= 0.6 is 23.8 Å². The summed E-state index contributed by atoms with van der Waals surface area (Å²) in [5.74, 6) is -0.434. The predicted octanol–water partition coefficient (Wildman–Crippen LogP) is 3.16. The Hall–Kier alpha value is -2.00. The first kappa shape index (κ1) is 20.3. The summed E-state index contributed by atoms with van der Waals surface area (Å²) in [4.78, 5) is 12.3. The lowest BCUT2D eigenvalue weighted by atomic mass is 10.2. The lowest BCUT2D eigenvalue weighted by Gasteiger charge is -2.11. The SMILES string of the molecule is CCCNS(=O)(=O)c1ccc(NC(=S)NC(=O)c2ccccc2Cl)cc1. The van der Waals surface area contributed by atoms with Gasteiger partial charge in [-0.2, -0.15) is 0 Å². The Morgan fingerprint density at radius 1 is 1.12 bits per heavy atom. The van der Waals surface area contributed by atoms with Crippen molar-refractivity contribution in [3.63, 3.8) is 0 Å². The summed E-state index contributed by atoms with van der Waals surface area (Å²) in [6, 6.07) is 12.7. The van der Waals surface area contributed by atoms with Crippen LogP contribution in [0.4, 0.5) is 5.69 Å². The van der Waals surface area contributed by atoms with Crippen LogP contribution in [0.15, 0.2) is 53.4 Å². The van der Waals surface area contributed by atoms with Crippen LogP contribution in [0.3, 0.4) is 0 Å². The standard InChI is InChI=1S/C17H18ClN3O3S2/c1-2-11-19-26(23,24)13-9-7-12(8-10-13)20-17(25)21-16(22)14-5-3-4-6-15(14)18/h3-10,19H,2,11H2,1H3,(H2,20,21,22,25). The molecule has 26 heavy (non-hydrogen) atoms. The van der Waals surface area contributed by atoms with Crippen molar-refractivity contribution in [1.29, 1.82) is 0 Å². The van der Waals surface area contributed by atoms with Gasteiger partial charge in [-0.15, -0.1) is 0 Å². The number of carbonyl (C=O) groups excluding carboxylic acids is 1. The summed E-state index contributed by atoms with van der Waals surface area (Å²) in [5, 5.41) is 5.75. The monoisotopic (exact) mass is 411 g/mol. The maximum atomic E-state index is 12.1. The maximum absolute atomic E-state index is 12.1. The highest BCUT2D eigenvalue weighted by molar-refractivity contribution is 7.89. The summed E-state index contributed by atoms with van der Waals surface area (Å²) in [6.07, 6.45) is 0.707. The van der Waals surface area contributed by atoms with Crippen LogP contribution in [0, 0.1) is 0 Å². The van der Waals surface area contributed by atoms with Gasteiger partial charge >= 0.3 is 0 Å². The van der Waals surface area contributed by atoms with Crippen LogP contribution in [0.2, 0.25) is 5.02 Å². The molecule has 2 aromatic carbocycles. The highest BCUT2D eigenvalue weighted by Crippen LogP contribution is 2.16. The first-order valence-electron chi connectivity index (χ1n) is 7.80. The number of hydrogen-bond acceptors (Lipinski definition) is 4. The van der Waals surface area contributed by atoms with E-state index in [1.807, 2.05) is 6.92 Å². The fraction of sp³-hybridized carbons (Fsp3) is 0.176. The second kappa shape index (κ2) is 9.09. The van der Waals surface area contributed by atoms with Gasteiger partial charge in [0, 0.05) is 12.2 Å². The number of hydrogen-bond donors (Lipinski definition) is 3. The highest BCUT2D eigenvalue weighted by atomic mass is 35.5. The summed E-state index contributed by atoms with van der Waals surface area (Å²) >= 11 is 11.1. The molecule has 9 heteroatoms. The van der Waals surface area contributed by atoms with Crippen molar-refractivity contribution in [3.8, 4) is 0 Å². The van der Waals surface area contributed by atoms with E-state index in [0.29, 0.717) is 29.2 Å². The first-order valence-corrected chi connectivity index (χ1v) is 10.1. The van der Waals surface area contributed by atoms with E-state index in [1.165, 1.54) is 12.1 Å². The number of anilines is 1. The van der Waals surface area contributed by atoms with Crippen molar-refractivity contribution in [2.45, 2.75) is 18.2 Å². The molecule has 0 saturated heterocycles. The van der Waals surface area contributed by atoms with Crippen molar-refractivity contribution in [2.75, 3.05) is 11.9 Å². The number of rotatable bonds is 6.